The van der Waals surface area contributed by atoms with Crippen LogP contribution >= 0.6 is 20.2 Å². The third-order valence-corrected chi connectivity index (χ3v) is 5.99. The molecule has 29 heavy (non-hydrogen) atoms. The van der Waals surface area contributed by atoms with Crippen LogP contribution in [0.25, 0.3) is 0 Å². The maximum atomic E-state index is 4.89. The minimum atomic E-state index is 0.00694. The fourth-order valence-electron chi connectivity index (χ4n) is 4.53. The zero-order chi connectivity index (χ0) is 20.3. The van der Waals surface area contributed by atoms with Gasteiger partial charge in [-0.05, 0) is 37.8 Å². The van der Waals surface area contributed by atoms with Crippen molar-refractivity contribution >= 4 is 32.6 Å². The average Bonchev–Trinajstić information content (AvgIpc) is 2.76. The number of rotatable bonds is 0. The van der Waals surface area contributed by atoms with E-state index in [1.807, 2.05) is 24.6 Å². The predicted octanol–water partition coefficient (Wildman–Crippen LogP) is 4.11. The van der Waals surface area contributed by atoms with Crippen molar-refractivity contribution in [2.45, 2.75) is 75.5 Å². The van der Waals surface area contributed by atoms with Gasteiger partial charge in [0.1, 0.15) is 0 Å². The average molecular weight is 479 g/mol. The quantitative estimate of drug-likeness (QED) is 0.551. The molecule has 1 aliphatic heterocycles. The van der Waals surface area contributed by atoms with Crippen LogP contribution in [0.15, 0.2) is 28.2 Å². The van der Waals surface area contributed by atoms with E-state index < -0.39 is 0 Å². The molecule has 1 aromatic rings. The molecule has 4 rings (SSSR count). The Kier molecular flexibility index (Phi) is 10.4. The second-order valence-electron chi connectivity index (χ2n) is 7.92. The van der Waals surface area contributed by atoms with Crippen LogP contribution in [0.5, 0.6) is 0 Å². The Labute approximate surface area is 189 Å². The second-order valence-corrected chi connectivity index (χ2v) is 9.87. The van der Waals surface area contributed by atoms with Crippen LogP contribution < -0.4 is 10.6 Å². The van der Waals surface area contributed by atoms with Gasteiger partial charge in [0.15, 0.2) is 0 Å². The summed E-state index contributed by atoms with van der Waals surface area (Å²) in [5.74, 6) is 0. The molecule has 2 bridgehead atoms. The minimum absolute atomic E-state index is 0.00694. The predicted molar refractivity (Wildman–Crippen MR) is 119 cm³/mol. The van der Waals surface area contributed by atoms with Crippen molar-refractivity contribution in [2.75, 3.05) is 13.1 Å². The van der Waals surface area contributed by atoms with E-state index in [1.54, 1.807) is 0 Å². The second kappa shape index (κ2) is 13.0. The number of hydrogen-bond donors (Lipinski definition) is 2. The van der Waals surface area contributed by atoms with Gasteiger partial charge in [-0.2, -0.15) is 0 Å². The molecule has 0 unspecified atom stereocenters. The van der Waals surface area contributed by atoms with Crippen molar-refractivity contribution in [3.63, 3.8) is 0 Å². The van der Waals surface area contributed by atoms with Gasteiger partial charge in [0, 0.05) is 37.6 Å². The van der Waals surface area contributed by atoms with Crippen molar-refractivity contribution < 1.29 is 13.1 Å². The Morgan fingerprint density at radius 1 is 0.759 bits per heavy atom. The molecule has 1 aromatic heterocycles. The molecule has 0 radical (unpaired) electrons. The van der Waals surface area contributed by atoms with Gasteiger partial charge in [-0.25, -0.2) is 4.98 Å². The fourth-order valence-corrected chi connectivity index (χ4v) is 4.53. The zero-order valence-corrected chi connectivity index (χ0v) is 19.4. The van der Waals surface area contributed by atoms with Crippen molar-refractivity contribution in [3.05, 3.63) is 29.6 Å². The third kappa shape index (κ3) is 7.61. The van der Waals surface area contributed by atoms with Crippen LogP contribution in [0.4, 0.5) is 0 Å². The summed E-state index contributed by atoms with van der Waals surface area (Å²) in [6.07, 6.45) is 13.9. The number of nitrogens with zero attached hydrogens (tertiary/aromatic N) is 3. The topological polar surface area (TPSA) is 61.7 Å². The molecule has 2 fully saturated rings. The van der Waals surface area contributed by atoms with E-state index in [1.165, 1.54) is 51.4 Å². The van der Waals surface area contributed by atoms with Gasteiger partial charge < -0.3 is 10.6 Å². The first-order chi connectivity index (χ1) is 14.3. The van der Waals surface area contributed by atoms with E-state index in [4.69, 9.17) is 35.2 Å². The van der Waals surface area contributed by atoms with E-state index >= 15 is 0 Å². The summed E-state index contributed by atoms with van der Waals surface area (Å²) in [5.41, 5.74) is 1.87. The SMILES string of the molecule is C1=N[C@@H]2CCCC[C@H]2NCCN[C@@H]2CCCC[C@H]2N=Cc2cccc1n2.[Cl][Mn][Cl]. The number of halogens is 2. The third-order valence-electron chi connectivity index (χ3n) is 5.99. The van der Waals surface area contributed by atoms with Crippen molar-refractivity contribution in [1.29, 1.82) is 0 Å². The summed E-state index contributed by atoms with van der Waals surface area (Å²) in [7, 11) is 9.59. The molecule has 0 saturated heterocycles. The first kappa shape index (κ1) is 23.2. The summed E-state index contributed by atoms with van der Waals surface area (Å²) >= 11 is 0.00694. The normalized spacial score (nSPS) is 30.0. The van der Waals surface area contributed by atoms with Crippen LogP contribution in [0, 0.1) is 0 Å². The Balaban J connectivity index is 0.000000755. The zero-order valence-electron chi connectivity index (χ0n) is 16.7. The molecule has 8 heteroatoms. The number of fused-ring (bicyclic) bond motifs is 4. The molecule has 2 aliphatic carbocycles. The molecule has 5 nitrogen and oxygen atoms in total. The van der Waals surface area contributed by atoms with Gasteiger partial charge in [0.05, 0.1) is 23.5 Å². The monoisotopic (exact) mass is 478 g/mol. The first-order valence-corrected chi connectivity index (χ1v) is 13.9. The standard InChI is InChI=1S/C21H31N5.2ClH.Mn/c1-3-10-20-18(8-1)22-12-13-23-19-9-2-4-11-21(19)25-15-17-7-5-6-16(26-17)14-24-20;;;/h5-7,14-15,18-23H,1-4,8-13H2;2*1H;/q;;;+2/p-2/t18-,19-,20-,21-;;;/m1.../s1. The van der Waals surface area contributed by atoms with Gasteiger partial charge in [0.25, 0.3) is 0 Å². The molecular weight excluding hydrogens is 448 g/mol. The van der Waals surface area contributed by atoms with Crippen LogP contribution in [0.2, 0.25) is 0 Å². The molecule has 2 saturated carbocycles. The van der Waals surface area contributed by atoms with Gasteiger partial charge >= 0.3 is 33.3 Å². The number of aliphatic imine (C=N–C) groups is 2. The van der Waals surface area contributed by atoms with Gasteiger partial charge in [-0.3, -0.25) is 9.98 Å². The number of aromatic nitrogens is 1. The summed E-state index contributed by atoms with van der Waals surface area (Å²) < 4.78 is 0. The molecule has 2 heterocycles. The number of pyridine rings is 1. The van der Waals surface area contributed by atoms with E-state index in [2.05, 4.69) is 16.7 Å². The summed E-state index contributed by atoms with van der Waals surface area (Å²) in [5, 5.41) is 7.52. The van der Waals surface area contributed by atoms with Crippen LogP contribution in [0.3, 0.4) is 0 Å². The van der Waals surface area contributed by atoms with Crippen molar-refractivity contribution in [3.8, 4) is 0 Å². The van der Waals surface area contributed by atoms with Crippen LogP contribution in [-0.2, 0) is 13.1 Å². The number of nitrogens with one attached hydrogen (secondary N) is 2. The van der Waals surface area contributed by atoms with Crippen LogP contribution in [-0.4, -0.2) is 54.7 Å². The molecule has 3 aliphatic rings. The molecular formula is C21H31Cl2MnN5. The molecule has 161 valence electrons. The van der Waals surface area contributed by atoms with Crippen molar-refractivity contribution in [1.82, 2.24) is 15.6 Å². The van der Waals surface area contributed by atoms with E-state index in [-0.39, 0.29) is 13.1 Å². The van der Waals surface area contributed by atoms with E-state index in [0.29, 0.717) is 24.2 Å². The Morgan fingerprint density at radius 2 is 1.21 bits per heavy atom. The molecule has 4 atom stereocenters. The Morgan fingerprint density at radius 3 is 1.69 bits per heavy atom. The van der Waals surface area contributed by atoms with Gasteiger partial charge in [0.2, 0.25) is 0 Å². The van der Waals surface area contributed by atoms with E-state index in [9.17, 15) is 0 Å². The van der Waals surface area contributed by atoms with Gasteiger partial charge in [-0.15, -0.1) is 0 Å². The van der Waals surface area contributed by atoms with Crippen LogP contribution in [0.1, 0.15) is 62.8 Å². The summed E-state index contributed by atoms with van der Waals surface area (Å²) in [4.78, 5) is 14.5. The van der Waals surface area contributed by atoms with Crippen molar-refractivity contribution in [2.24, 2.45) is 9.98 Å². The maximum absolute atomic E-state index is 4.89. The van der Waals surface area contributed by atoms with E-state index in [0.717, 1.165) is 24.5 Å². The Hall–Kier alpha value is -0.491. The molecule has 0 amide bonds. The Bertz CT molecular complexity index is 621. The molecule has 0 spiro atoms. The molecule has 2 N–H and O–H groups in total. The summed E-state index contributed by atoms with van der Waals surface area (Å²) in [6.45, 7) is 2.02. The van der Waals surface area contributed by atoms with Gasteiger partial charge in [-0.1, -0.05) is 31.7 Å². The fraction of sp³-hybridized carbons (Fsp3) is 0.667. The molecule has 0 aromatic carbocycles. The first-order valence-electron chi connectivity index (χ1n) is 10.7. The number of hydrogen-bond acceptors (Lipinski definition) is 5. The summed E-state index contributed by atoms with van der Waals surface area (Å²) in [6, 6.07) is 7.86.